The van der Waals surface area contributed by atoms with Gasteiger partial charge in [0, 0.05) is 19.0 Å². The third kappa shape index (κ3) is 3.09. The second-order valence-corrected chi connectivity index (χ2v) is 5.01. The molecule has 1 aliphatic heterocycles. The van der Waals surface area contributed by atoms with Crippen molar-refractivity contribution >= 4 is 5.91 Å². The van der Waals surface area contributed by atoms with E-state index in [4.69, 9.17) is 5.84 Å². The van der Waals surface area contributed by atoms with Gasteiger partial charge in [-0.15, -0.1) is 0 Å². The first-order chi connectivity index (χ1) is 8.70. The van der Waals surface area contributed by atoms with Crippen molar-refractivity contribution in [3.8, 4) is 0 Å². The van der Waals surface area contributed by atoms with Crippen LogP contribution in [-0.4, -0.2) is 29.9 Å². The number of hydrogen-bond acceptors (Lipinski definition) is 3. The van der Waals surface area contributed by atoms with Gasteiger partial charge in [-0.1, -0.05) is 30.3 Å². The van der Waals surface area contributed by atoms with Gasteiger partial charge >= 0.3 is 0 Å². The van der Waals surface area contributed by atoms with Crippen LogP contribution in [0.3, 0.4) is 0 Å². The van der Waals surface area contributed by atoms with Gasteiger partial charge in [0.15, 0.2) is 0 Å². The Morgan fingerprint density at radius 2 is 2.22 bits per heavy atom. The van der Waals surface area contributed by atoms with Crippen LogP contribution in [-0.2, 0) is 4.79 Å². The first-order valence-corrected chi connectivity index (χ1v) is 6.49. The molecule has 0 bridgehead atoms. The summed E-state index contributed by atoms with van der Waals surface area (Å²) in [6.45, 7) is 4.17. The summed E-state index contributed by atoms with van der Waals surface area (Å²) in [5.41, 5.74) is 3.60. The van der Waals surface area contributed by atoms with Gasteiger partial charge in [-0.2, -0.15) is 0 Å². The van der Waals surface area contributed by atoms with E-state index in [9.17, 15) is 4.79 Å². The molecular weight excluding hydrogens is 226 g/mol. The Morgan fingerprint density at radius 1 is 1.50 bits per heavy atom. The topological polar surface area (TPSA) is 58.4 Å². The minimum absolute atomic E-state index is 0.0920. The number of benzene rings is 1. The molecule has 0 aliphatic carbocycles. The SMILES string of the molecule is CC(CC(=O)NN)N1CCC(c2ccccc2)C1. The zero-order valence-electron chi connectivity index (χ0n) is 10.8. The molecule has 1 aromatic rings. The van der Waals surface area contributed by atoms with Crippen LogP contribution >= 0.6 is 0 Å². The summed E-state index contributed by atoms with van der Waals surface area (Å²) in [5, 5.41) is 0. The summed E-state index contributed by atoms with van der Waals surface area (Å²) < 4.78 is 0. The summed E-state index contributed by atoms with van der Waals surface area (Å²) in [5.74, 6) is 5.62. The van der Waals surface area contributed by atoms with Crippen LogP contribution in [0.4, 0.5) is 0 Å². The molecule has 2 atom stereocenters. The maximum absolute atomic E-state index is 11.3. The predicted molar refractivity (Wildman–Crippen MR) is 71.8 cm³/mol. The number of amides is 1. The molecule has 3 N–H and O–H groups in total. The van der Waals surface area contributed by atoms with Gasteiger partial charge in [0.1, 0.15) is 0 Å². The molecule has 1 fully saturated rings. The van der Waals surface area contributed by atoms with Crippen LogP contribution in [0.15, 0.2) is 30.3 Å². The molecule has 98 valence electrons. The molecule has 1 aromatic carbocycles. The van der Waals surface area contributed by atoms with Gasteiger partial charge in [-0.25, -0.2) is 5.84 Å². The van der Waals surface area contributed by atoms with E-state index in [0.717, 1.165) is 13.1 Å². The summed E-state index contributed by atoms with van der Waals surface area (Å²) in [6.07, 6.45) is 1.64. The highest BCUT2D eigenvalue weighted by atomic mass is 16.2. The van der Waals surface area contributed by atoms with Crippen LogP contribution in [0.5, 0.6) is 0 Å². The fourth-order valence-electron chi connectivity index (χ4n) is 2.64. The van der Waals surface area contributed by atoms with Crippen molar-refractivity contribution in [2.45, 2.75) is 31.7 Å². The number of nitrogens with one attached hydrogen (secondary N) is 1. The van der Waals surface area contributed by atoms with Crippen molar-refractivity contribution in [3.05, 3.63) is 35.9 Å². The second kappa shape index (κ2) is 5.98. The average molecular weight is 247 g/mol. The highest BCUT2D eigenvalue weighted by Crippen LogP contribution is 2.28. The maximum atomic E-state index is 11.3. The van der Waals surface area contributed by atoms with Crippen molar-refractivity contribution in [2.75, 3.05) is 13.1 Å². The lowest BCUT2D eigenvalue weighted by Gasteiger charge is -2.23. The molecule has 4 heteroatoms. The molecule has 1 saturated heterocycles. The van der Waals surface area contributed by atoms with Gasteiger partial charge in [-0.3, -0.25) is 15.1 Å². The summed E-state index contributed by atoms with van der Waals surface area (Å²) >= 11 is 0. The lowest BCUT2D eigenvalue weighted by atomic mass is 9.99. The van der Waals surface area contributed by atoms with Crippen molar-refractivity contribution < 1.29 is 4.79 Å². The molecule has 18 heavy (non-hydrogen) atoms. The first kappa shape index (κ1) is 13.1. The summed E-state index contributed by atoms with van der Waals surface area (Å²) in [4.78, 5) is 13.6. The highest BCUT2D eigenvalue weighted by molar-refractivity contribution is 5.75. The molecule has 2 unspecified atom stereocenters. The Balaban J connectivity index is 1.90. The normalized spacial score (nSPS) is 21.8. The number of carbonyl (C=O) groups excluding carboxylic acids is 1. The Morgan fingerprint density at radius 3 is 2.89 bits per heavy atom. The highest BCUT2D eigenvalue weighted by Gasteiger charge is 2.27. The Hall–Kier alpha value is -1.39. The predicted octanol–water partition coefficient (Wildman–Crippen LogP) is 1.24. The number of nitrogens with two attached hydrogens (primary N) is 1. The number of nitrogens with zero attached hydrogens (tertiary/aromatic N) is 1. The molecular formula is C14H21N3O. The van der Waals surface area contributed by atoms with Gasteiger partial charge in [-0.05, 0) is 31.4 Å². The number of hydrazine groups is 1. The molecule has 0 spiro atoms. The van der Waals surface area contributed by atoms with Crippen molar-refractivity contribution in [1.82, 2.24) is 10.3 Å². The zero-order chi connectivity index (χ0) is 13.0. The molecule has 1 heterocycles. The van der Waals surface area contributed by atoms with E-state index in [2.05, 4.69) is 41.5 Å². The largest absolute Gasteiger partial charge is 0.300 e. The summed E-state index contributed by atoms with van der Waals surface area (Å²) in [7, 11) is 0. The Bertz CT molecular complexity index is 393. The fraction of sp³-hybridized carbons (Fsp3) is 0.500. The molecule has 1 amide bonds. The van der Waals surface area contributed by atoms with Gasteiger partial charge in [0.05, 0.1) is 0 Å². The molecule has 1 aliphatic rings. The molecule has 0 radical (unpaired) electrons. The van der Waals surface area contributed by atoms with Crippen LogP contribution in [0, 0.1) is 0 Å². The van der Waals surface area contributed by atoms with Crippen LogP contribution < -0.4 is 11.3 Å². The lowest BCUT2D eigenvalue weighted by molar-refractivity contribution is -0.122. The van der Waals surface area contributed by atoms with E-state index in [-0.39, 0.29) is 11.9 Å². The molecule has 2 rings (SSSR count). The number of rotatable bonds is 4. The first-order valence-electron chi connectivity index (χ1n) is 6.49. The van der Waals surface area contributed by atoms with E-state index in [0.29, 0.717) is 12.3 Å². The van der Waals surface area contributed by atoms with Crippen molar-refractivity contribution in [3.63, 3.8) is 0 Å². The summed E-state index contributed by atoms with van der Waals surface area (Å²) in [6, 6.07) is 10.8. The van der Waals surface area contributed by atoms with Crippen molar-refractivity contribution in [2.24, 2.45) is 5.84 Å². The standard InChI is InChI=1S/C14H21N3O/c1-11(9-14(18)16-15)17-8-7-13(10-17)12-5-3-2-4-6-12/h2-6,11,13H,7-10,15H2,1H3,(H,16,18). The van der Waals surface area contributed by atoms with E-state index in [1.165, 1.54) is 12.0 Å². The molecule has 0 aromatic heterocycles. The quantitative estimate of drug-likeness (QED) is 0.478. The lowest BCUT2D eigenvalue weighted by Crippen LogP contribution is -2.38. The second-order valence-electron chi connectivity index (χ2n) is 5.01. The third-order valence-corrected chi connectivity index (χ3v) is 3.76. The van der Waals surface area contributed by atoms with Crippen LogP contribution in [0.2, 0.25) is 0 Å². The maximum Gasteiger partial charge on any atom is 0.235 e. The van der Waals surface area contributed by atoms with E-state index >= 15 is 0 Å². The van der Waals surface area contributed by atoms with Gasteiger partial charge in [0.2, 0.25) is 5.91 Å². The zero-order valence-corrected chi connectivity index (χ0v) is 10.8. The molecule has 4 nitrogen and oxygen atoms in total. The minimum Gasteiger partial charge on any atom is -0.300 e. The van der Waals surface area contributed by atoms with Gasteiger partial charge in [0.25, 0.3) is 0 Å². The van der Waals surface area contributed by atoms with E-state index < -0.39 is 0 Å². The number of carbonyl (C=O) groups is 1. The monoisotopic (exact) mass is 247 g/mol. The van der Waals surface area contributed by atoms with Crippen LogP contribution in [0.1, 0.15) is 31.2 Å². The molecule has 0 saturated carbocycles. The third-order valence-electron chi connectivity index (χ3n) is 3.76. The minimum atomic E-state index is -0.0920. The van der Waals surface area contributed by atoms with Gasteiger partial charge < -0.3 is 0 Å². The van der Waals surface area contributed by atoms with Crippen molar-refractivity contribution in [1.29, 1.82) is 0 Å². The average Bonchev–Trinajstić information content (AvgIpc) is 2.89. The van der Waals surface area contributed by atoms with Crippen LogP contribution in [0.25, 0.3) is 0 Å². The van der Waals surface area contributed by atoms with E-state index in [1.54, 1.807) is 0 Å². The van der Waals surface area contributed by atoms with E-state index in [1.807, 2.05) is 6.07 Å². The fourth-order valence-corrected chi connectivity index (χ4v) is 2.64. The Labute approximate surface area is 108 Å². The number of hydrogen-bond donors (Lipinski definition) is 2. The number of likely N-dealkylation sites (tertiary alicyclic amines) is 1. The smallest absolute Gasteiger partial charge is 0.235 e. The Kier molecular flexibility index (Phi) is 4.33.